The second kappa shape index (κ2) is 6.45. The summed E-state index contributed by atoms with van der Waals surface area (Å²) in [5, 5.41) is 2.69. The zero-order valence-electron chi connectivity index (χ0n) is 12.3. The summed E-state index contributed by atoms with van der Waals surface area (Å²) in [5.41, 5.74) is 0.658. The predicted octanol–water partition coefficient (Wildman–Crippen LogP) is 3.93. The fourth-order valence-electron chi connectivity index (χ4n) is 1.25. The molecular formula is C15H23NO3. The smallest absolute Gasteiger partial charge is 0.411 e. The van der Waals surface area contributed by atoms with Crippen molar-refractivity contribution in [1.29, 1.82) is 0 Å². The van der Waals surface area contributed by atoms with Gasteiger partial charge in [-0.3, -0.25) is 5.32 Å². The molecule has 1 aromatic carbocycles. The molecule has 0 saturated carbocycles. The fourth-order valence-corrected chi connectivity index (χ4v) is 1.25. The zero-order chi connectivity index (χ0) is 14.5. The Labute approximate surface area is 115 Å². The molecule has 0 aromatic heterocycles. The molecule has 0 bridgehead atoms. The Hall–Kier alpha value is -1.71. The van der Waals surface area contributed by atoms with Crippen molar-refractivity contribution in [3.63, 3.8) is 0 Å². The molecule has 0 radical (unpaired) electrons. The molecule has 1 N–H and O–H groups in total. The monoisotopic (exact) mass is 265 g/mol. The van der Waals surface area contributed by atoms with Crippen molar-refractivity contribution in [2.45, 2.75) is 27.7 Å². The highest BCUT2D eigenvalue weighted by molar-refractivity contribution is 5.84. The third-order valence-corrected chi connectivity index (χ3v) is 3.47. The van der Waals surface area contributed by atoms with Gasteiger partial charge >= 0.3 is 6.09 Å². The standard InChI is InChI=1S/C15H23NO3/c1-11(2)15(3,4)10-19-14(17)16-12-6-8-13(18-5)9-7-12/h6-9,11H,10H2,1-5H3,(H,16,17). The second-order valence-corrected chi connectivity index (χ2v) is 5.57. The number of hydrogen-bond donors (Lipinski definition) is 1. The summed E-state index contributed by atoms with van der Waals surface area (Å²) >= 11 is 0. The van der Waals surface area contributed by atoms with Crippen LogP contribution in [0.2, 0.25) is 0 Å². The van der Waals surface area contributed by atoms with Gasteiger partial charge in [-0.15, -0.1) is 0 Å². The van der Waals surface area contributed by atoms with Crippen molar-refractivity contribution in [1.82, 2.24) is 0 Å². The number of rotatable bonds is 5. The van der Waals surface area contributed by atoms with Gasteiger partial charge in [-0.2, -0.15) is 0 Å². The maximum Gasteiger partial charge on any atom is 0.411 e. The van der Waals surface area contributed by atoms with E-state index in [1.165, 1.54) is 0 Å². The Morgan fingerprint density at radius 2 is 1.84 bits per heavy atom. The first kappa shape index (κ1) is 15.3. The van der Waals surface area contributed by atoms with Gasteiger partial charge in [0, 0.05) is 11.1 Å². The van der Waals surface area contributed by atoms with Gasteiger partial charge in [0.2, 0.25) is 0 Å². The summed E-state index contributed by atoms with van der Waals surface area (Å²) in [4.78, 5) is 11.7. The van der Waals surface area contributed by atoms with E-state index in [0.717, 1.165) is 5.75 Å². The van der Waals surface area contributed by atoms with E-state index in [0.29, 0.717) is 18.2 Å². The van der Waals surface area contributed by atoms with E-state index in [2.05, 4.69) is 33.0 Å². The summed E-state index contributed by atoms with van der Waals surface area (Å²) < 4.78 is 10.3. The van der Waals surface area contributed by atoms with Crippen LogP contribution in [0, 0.1) is 11.3 Å². The number of hydrogen-bond acceptors (Lipinski definition) is 3. The van der Waals surface area contributed by atoms with Crippen LogP contribution in [0.25, 0.3) is 0 Å². The molecule has 0 spiro atoms. The molecule has 1 rings (SSSR count). The molecule has 0 fully saturated rings. The number of methoxy groups -OCH3 is 1. The van der Waals surface area contributed by atoms with Gasteiger partial charge in [0.05, 0.1) is 13.7 Å². The number of carbonyl (C=O) groups is 1. The highest BCUT2D eigenvalue weighted by Gasteiger charge is 2.24. The summed E-state index contributed by atoms with van der Waals surface area (Å²) in [5.74, 6) is 1.20. The van der Waals surface area contributed by atoms with Crippen molar-refractivity contribution in [2.75, 3.05) is 19.0 Å². The molecule has 0 aliphatic heterocycles. The number of ether oxygens (including phenoxy) is 2. The molecule has 0 aliphatic rings. The van der Waals surface area contributed by atoms with E-state index in [-0.39, 0.29) is 5.41 Å². The molecule has 0 saturated heterocycles. The number of amides is 1. The molecule has 0 heterocycles. The summed E-state index contributed by atoms with van der Waals surface area (Å²) in [6, 6.07) is 7.11. The lowest BCUT2D eigenvalue weighted by Gasteiger charge is -2.28. The van der Waals surface area contributed by atoms with Crippen molar-refractivity contribution in [2.24, 2.45) is 11.3 Å². The molecule has 19 heavy (non-hydrogen) atoms. The minimum absolute atomic E-state index is 0.0305. The van der Waals surface area contributed by atoms with Crippen LogP contribution in [0.3, 0.4) is 0 Å². The molecule has 1 aromatic rings. The Balaban J connectivity index is 2.47. The molecule has 0 aliphatic carbocycles. The lowest BCUT2D eigenvalue weighted by atomic mass is 9.82. The molecule has 106 valence electrons. The number of nitrogens with one attached hydrogen (secondary N) is 1. The minimum Gasteiger partial charge on any atom is -0.497 e. The van der Waals surface area contributed by atoms with Gasteiger partial charge in [-0.1, -0.05) is 27.7 Å². The summed E-state index contributed by atoms with van der Waals surface area (Å²) in [6.45, 7) is 8.79. The zero-order valence-corrected chi connectivity index (χ0v) is 12.3. The van der Waals surface area contributed by atoms with E-state index in [1.54, 1.807) is 31.4 Å². The van der Waals surface area contributed by atoms with Crippen molar-refractivity contribution >= 4 is 11.8 Å². The molecule has 0 unspecified atom stereocenters. The average Bonchev–Trinajstić information content (AvgIpc) is 2.37. The van der Waals surface area contributed by atoms with E-state index in [9.17, 15) is 4.79 Å². The first-order valence-corrected chi connectivity index (χ1v) is 6.43. The maximum atomic E-state index is 11.7. The van der Waals surface area contributed by atoms with Crippen molar-refractivity contribution < 1.29 is 14.3 Å². The third kappa shape index (κ3) is 4.81. The van der Waals surface area contributed by atoms with Crippen molar-refractivity contribution in [3.8, 4) is 5.75 Å². The molecule has 4 nitrogen and oxygen atoms in total. The van der Waals surface area contributed by atoms with Gasteiger partial charge in [0.15, 0.2) is 0 Å². The quantitative estimate of drug-likeness (QED) is 0.877. The van der Waals surface area contributed by atoms with Crippen molar-refractivity contribution in [3.05, 3.63) is 24.3 Å². The Kier molecular flexibility index (Phi) is 5.21. The SMILES string of the molecule is COc1ccc(NC(=O)OCC(C)(C)C(C)C)cc1. The van der Waals surface area contributed by atoms with Crippen LogP contribution in [0.4, 0.5) is 10.5 Å². The predicted molar refractivity (Wildman–Crippen MR) is 76.6 cm³/mol. The van der Waals surface area contributed by atoms with E-state index in [1.807, 2.05) is 0 Å². The number of anilines is 1. The topological polar surface area (TPSA) is 47.6 Å². The minimum atomic E-state index is -0.432. The highest BCUT2D eigenvalue weighted by Crippen LogP contribution is 2.26. The lowest BCUT2D eigenvalue weighted by Crippen LogP contribution is -2.28. The van der Waals surface area contributed by atoms with Crippen LogP contribution in [0.15, 0.2) is 24.3 Å². The Bertz CT molecular complexity index is 410. The van der Waals surface area contributed by atoms with Gasteiger partial charge in [0.1, 0.15) is 5.75 Å². The molecule has 1 amide bonds. The van der Waals surface area contributed by atoms with Crippen LogP contribution < -0.4 is 10.1 Å². The summed E-state index contributed by atoms with van der Waals surface area (Å²) in [7, 11) is 1.60. The fraction of sp³-hybridized carbons (Fsp3) is 0.533. The third-order valence-electron chi connectivity index (χ3n) is 3.47. The second-order valence-electron chi connectivity index (χ2n) is 5.57. The number of carbonyl (C=O) groups excluding carboxylic acids is 1. The highest BCUT2D eigenvalue weighted by atomic mass is 16.5. The van der Waals surface area contributed by atoms with Crippen LogP contribution in [-0.4, -0.2) is 19.8 Å². The van der Waals surface area contributed by atoms with E-state index in [4.69, 9.17) is 9.47 Å². The summed E-state index contributed by atoms with van der Waals surface area (Å²) in [6.07, 6.45) is -0.432. The van der Waals surface area contributed by atoms with Gasteiger partial charge in [-0.25, -0.2) is 4.79 Å². The largest absolute Gasteiger partial charge is 0.497 e. The first-order valence-electron chi connectivity index (χ1n) is 6.43. The molecular weight excluding hydrogens is 242 g/mol. The molecule has 4 heteroatoms. The first-order chi connectivity index (χ1) is 8.85. The lowest BCUT2D eigenvalue weighted by molar-refractivity contribution is 0.0838. The Morgan fingerprint density at radius 3 is 2.32 bits per heavy atom. The normalized spacial score (nSPS) is 11.3. The van der Waals surface area contributed by atoms with Crippen LogP contribution >= 0.6 is 0 Å². The number of benzene rings is 1. The van der Waals surface area contributed by atoms with E-state index >= 15 is 0 Å². The maximum absolute atomic E-state index is 11.7. The van der Waals surface area contributed by atoms with E-state index < -0.39 is 6.09 Å². The van der Waals surface area contributed by atoms with Crippen LogP contribution in [0.1, 0.15) is 27.7 Å². The molecule has 0 atom stereocenters. The average molecular weight is 265 g/mol. The Morgan fingerprint density at radius 1 is 1.26 bits per heavy atom. The van der Waals surface area contributed by atoms with Gasteiger partial charge < -0.3 is 9.47 Å². The van der Waals surface area contributed by atoms with Gasteiger partial charge in [-0.05, 0) is 30.2 Å². The van der Waals surface area contributed by atoms with Crippen LogP contribution in [-0.2, 0) is 4.74 Å². The van der Waals surface area contributed by atoms with Gasteiger partial charge in [0.25, 0.3) is 0 Å². The van der Waals surface area contributed by atoms with Crippen LogP contribution in [0.5, 0.6) is 5.75 Å².